The van der Waals surface area contributed by atoms with Crippen LogP contribution >= 0.6 is 0 Å². The summed E-state index contributed by atoms with van der Waals surface area (Å²) >= 11 is 0. The van der Waals surface area contributed by atoms with Gasteiger partial charge in [-0.1, -0.05) is 11.6 Å². The highest BCUT2D eigenvalue weighted by Crippen LogP contribution is 2.20. The summed E-state index contributed by atoms with van der Waals surface area (Å²) in [6, 6.07) is 3.37. The van der Waals surface area contributed by atoms with Gasteiger partial charge in [-0.3, -0.25) is 4.98 Å². The predicted molar refractivity (Wildman–Crippen MR) is 67.2 cm³/mol. The molecule has 1 aromatic heterocycles. The van der Waals surface area contributed by atoms with Gasteiger partial charge in [0.15, 0.2) is 0 Å². The Morgan fingerprint density at radius 2 is 2.35 bits per heavy atom. The van der Waals surface area contributed by atoms with Gasteiger partial charge in [0.25, 0.3) is 0 Å². The van der Waals surface area contributed by atoms with Crippen molar-refractivity contribution in [2.75, 3.05) is 6.54 Å². The summed E-state index contributed by atoms with van der Waals surface area (Å²) in [6.45, 7) is 3.02. The van der Waals surface area contributed by atoms with Crippen molar-refractivity contribution in [2.45, 2.75) is 38.6 Å². The molecule has 1 unspecified atom stereocenters. The minimum Gasteiger partial charge on any atom is -0.309 e. The van der Waals surface area contributed by atoms with Crippen molar-refractivity contribution < 1.29 is 4.39 Å². The van der Waals surface area contributed by atoms with E-state index in [1.807, 2.05) is 0 Å². The van der Waals surface area contributed by atoms with E-state index in [1.54, 1.807) is 11.6 Å². The largest absolute Gasteiger partial charge is 0.309 e. The Labute approximate surface area is 102 Å². The lowest BCUT2D eigenvalue weighted by atomic mass is 10.1. The van der Waals surface area contributed by atoms with E-state index in [4.69, 9.17) is 0 Å². The fraction of sp³-hybridized carbons (Fsp3) is 0.500. The molecule has 1 aliphatic rings. The second kappa shape index (κ2) is 5.92. The van der Waals surface area contributed by atoms with Crippen LogP contribution in [0.4, 0.5) is 4.39 Å². The average Bonchev–Trinajstić information content (AvgIpc) is 2.83. The molecule has 92 valence electrons. The van der Waals surface area contributed by atoms with Crippen LogP contribution in [0.2, 0.25) is 0 Å². The molecule has 1 aliphatic carbocycles. The molecule has 0 spiro atoms. The van der Waals surface area contributed by atoms with Gasteiger partial charge in [0.05, 0.1) is 11.9 Å². The first-order valence-corrected chi connectivity index (χ1v) is 6.28. The Bertz CT molecular complexity index is 384. The molecule has 0 aromatic carbocycles. The van der Waals surface area contributed by atoms with Crippen LogP contribution in [-0.4, -0.2) is 11.5 Å². The number of aromatic nitrogens is 1. The van der Waals surface area contributed by atoms with E-state index in [1.165, 1.54) is 31.5 Å². The topological polar surface area (TPSA) is 24.9 Å². The highest BCUT2D eigenvalue weighted by Gasteiger charge is 2.08. The summed E-state index contributed by atoms with van der Waals surface area (Å²) in [4.78, 5) is 4.08. The third-order valence-electron chi connectivity index (χ3n) is 3.23. The van der Waals surface area contributed by atoms with Crippen molar-refractivity contribution in [3.05, 3.63) is 41.5 Å². The van der Waals surface area contributed by atoms with Gasteiger partial charge in [-0.05, 0) is 51.3 Å². The SMILES string of the molecule is CC(NCCC1=CCCC1)c1ccc(F)cn1. The Kier molecular flexibility index (Phi) is 4.26. The van der Waals surface area contributed by atoms with Gasteiger partial charge >= 0.3 is 0 Å². The lowest BCUT2D eigenvalue weighted by molar-refractivity contribution is 0.554. The lowest BCUT2D eigenvalue weighted by Gasteiger charge is -2.13. The maximum Gasteiger partial charge on any atom is 0.141 e. The van der Waals surface area contributed by atoms with Crippen LogP contribution in [0.5, 0.6) is 0 Å². The van der Waals surface area contributed by atoms with E-state index in [0.717, 1.165) is 18.7 Å². The zero-order valence-corrected chi connectivity index (χ0v) is 10.2. The van der Waals surface area contributed by atoms with E-state index in [-0.39, 0.29) is 11.9 Å². The molecule has 2 rings (SSSR count). The van der Waals surface area contributed by atoms with Crippen LogP contribution in [-0.2, 0) is 0 Å². The third kappa shape index (κ3) is 3.63. The Balaban J connectivity index is 1.76. The summed E-state index contributed by atoms with van der Waals surface area (Å²) in [6.07, 6.45) is 8.54. The maximum absolute atomic E-state index is 12.7. The fourth-order valence-corrected chi connectivity index (χ4v) is 2.16. The standard InChI is InChI=1S/C14H19FN2/c1-11(14-7-6-13(15)10-17-14)16-9-8-12-4-2-3-5-12/h4,6-7,10-11,16H,2-3,5,8-9H2,1H3. The molecule has 1 atom stereocenters. The molecule has 0 saturated carbocycles. The second-order valence-electron chi connectivity index (χ2n) is 4.58. The van der Waals surface area contributed by atoms with Gasteiger partial charge in [0, 0.05) is 6.04 Å². The van der Waals surface area contributed by atoms with Crippen LogP contribution in [0.3, 0.4) is 0 Å². The zero-order chi connectivity index (χ0) is 12.1. The van der Waals surface area contributed by atoms with Crippen LogP contribution < -0.4 is 5.32 Å². The highest BCUT2D eigenvalue weighted by molar-refractivity contribution is 5.10. The van der Waals surface area contributed by atoms with Crippen molar-refractivity contribution in [3.63, 3.8) is 0 Å². The van der Waals surface area contributed by atoms with Crippen molar-refractivity contribution in [2.24, 2.45) is 0 Å². The first kappa shape index (κ1) is 12.2. The van der Waals surface area contributed by atoms with Gasteiger partial charge in [-0.25, -0.2) is 4.39 Å². The van der Waals surface area contributed by atoms with Gasteiger partial charge in [-0.15, -0.1) is 0 Å². The van der Waals surface area contributed by atoms with Crippen molar-refractivity contribution in [3.8, 4) is 0 Å². The summed E-state index contributed by atoms with van der Waals surface area (Å²) in [5.41, 5.74) is 2.46. The molecule has 0 fully saturated rings. The number of halogens is 1. The molecule has 0 aliphatic heterocycles. The summed E-state index contributed by atoms with van der Waals surface area (Å²) < 4.78 is 12.7. The molecule has 1 N–H and O–H groups in total. The normalized spacial score (nSPS) is 16.9. The lowest BCUT2D eigenvalue weighted by Crippen LogP contribution is -2.21. The highest BCUT2D eigenvalue weighted by atomic mass is 19.1. The summed E-state index contributed by atoms with van der Waals surface area (Å²) in [5.74, 6) is -0.280. The Morgan fingerprint density at radius 3 is 3.00 bits per heavy atom. The number of rotatable bonds is 5. The van der Waals surface area contributed by atoms with Gasteiger partial charge in [-0.2, -0.15) is 0 Å². The summed E-state index contributed by atoms with van der Waals surface area (Å²) in [5, 5.41) is 3.42. The Hall–Kier alpha value is -1.22. The first-order valence-electron chi connectivity index (χ1n) is 6.28. The van der Waals surface area contributed by atoms with Gasteiger partial charge in [0.2, 0.25) is 0 Å². The van der Waals surface area contributed by atoms with Crippen LogP contribution in [0.1, 0.15) is 44.3 Å². The van der Waals surface area contributed by atoms with Crippen LogP contribution in [0, 0.1) is 5.82 Å². The zero-order valence-electron chi connectivity index (χ0n) is 10.2. The molecular weight excluding hydrogens is 215 g/mol. The molecule has 1 heterocycles. The molecule has 3 heteroatoms. The summed E-state index contributed by atoms with van der Waals surface area (Å²) in [7, 11) is 0. The quantitative estimate of drug-likeness (QED) is 0.790. The monoisotopic (exact) mass is 234 g/mol. The van der Waals surface area contributed by atoms with Gasteiger partial charge in [0.1, 0.15) is 5.82 Å². The van der Waals surface area contributed by atoms with Crippen molar-refractivity contribution in [1.82, 2.24) is 10.3 Å². The molecular formula is C14H19FN2. The van der Waals surface area contributed by atoms with Crippen LogP contribution in [0.15, 0.2) is 30.0 Å². The molecule has 0 bridgehead atoms. The smallest absolute Gasteiger partial charge is 0.141 e. The fourth-order valence-electron chi connectivity index (χ4n) is 2.16. The van der Waals surface area contributed by atoms with Gasteiger partial charge < -0.3 is 5.32 Å². The molecule has 0 amide bonds. The average molecular weight is 234 g/mol. The molecule has 2 nitrogen and oxygen atoms in total. The van der Waals surface area contributed by atoms with Crippen molar-refractivity contribution >= 4 is 0 Å². The minimum atomic E-state index is -0.280. The molecule has 17 heavy (non-hydrogen) atoms. The molecule has 0 radical (unpaired) electrons. The second-order valence-corrected chi connectivity index (χ2v) is 4.58. The van der Waals surface area contributed by atoms with E-state index in [0.29, 0.717) is 0 Å². The third-order valence-corrected chi connectivity index (χ3v) is 3.23. The van der Waals surface area contributed by atoms with Crippen molar-refractivity contribution in [1.29, 1.82) is 0 Å². The minimum absolute atomic E-state index is 0.178. The number of nitrogens with zero attached hydrogens (tertiary/aromatic N) is 1. The number of hydrogen-bond donors (Lipinski definition) is 1. The number of nitrogens with one attached hydrogen (secondary N) is 1. The van der Waals surface area contributed by atoms with E-state index in [2.05, 4.69) is 23.3 Å². The maximum atomic E-state index is 12.7. The van der Waals surface area contributed by atoms with E-state index >= 15 is 0 Å². The predicted octanol–water partition coefficient (Wildman–Crippen LogP) is 3.37. The van der Waals surface area contributed by atoms with Crippen LogP contribution in [0.25, 0.3) is 0 Å². The molecule has 1 aromatic rings. The molecule has 0 saturated heterocycles. The van der Waals surface area contributed by atoms with E-state index < -0.39 is 0 Å². The number of pyridine rings is 1. The first-order chi connectivity index (χ1) is 8.25. The number of allylic oxidation sites excluding steroid dienone is 1. The Morgan fingerprint density at radius 1 is 1.47 bits per heavy atom. The number of hydrogen-bond acceptors (Lipinski definition) is 2. The van der Waals surface area contributed by atoms with E-state index in [9.17, 15) is 4.39 Å².